The van der Waals surface area contributed by atoms with Crippen LogP contribution in [0.4, 0.5) is 0 Å². The lowest BCUT2D eigenvalue weighted by molar-refractivity contribution is 0.174. The number of benzene rings is 3. The monoisotopic (exact) mass is 286 g/mol. The Labute approximate surface area is 125 Å². The first-order valence-corrected chi connectivity index (χ1v) is 7.27. The minimum Gasteiger partial charge on any atom is -0.464 e. The Bertz CT molecular complexity index is 1150. The molecule has 1 aliphatic carbocycles. The smallest absolute Gasteiger partial charge is 0.231 e. The molecule has 0 amide bonds. The third kappa shape index (κ3) is 1.14. The molecule has 4 aromatic rings. The quantitative estimate of drug-likeness (QED) is 0.377. The van der Waals surface area contributed by atoms with Crippen LogP contribution in [0.15, 0.2) is 41.0 Å². The highest BCUT2D eigenvalue weighted by Gasteiger charge is 2.19. The zero-order valence-electron chi connectivity index (χ0n) is 11.6. The maximum atomic E-state index is 5.72. The van der Waals surface area contributed by atoms with Crippen LogP contribution in [0.2, 0.25) is 0 Å². The highest BCUT2D eigenvalue weighted by atomic mass is 16.7. The molecule has 2 heterocycles. The van der Waals surface area contributed by atoms with Gasteiger partial charge in [-0.1, -0.05) is 24.3 Å². The van der Waals surface area contributed by atoms with E-state index in [0.717, 1.165) is 33.4 Å². The van der Waals surface area contributed by atoms with Crippen molar-refractivity contribution in [3.8, 4) is 11.5 Å². The Balaban J connectivity index is 1.86. The molecular weight excluding hydrogens is 276 g/mol. The van der Waals surface area contributed by atoms with E-state index in [1.165, 1.54) is 21.7 Å². The first-order valence-electron chi connectivity index (χ1n) is 7.27. The molecule has 3 aromatic carbocycles. The van der Waals surface area contributed by atoms with E-state index < -0.39 is 0 Å². The molecule has 0 spiro atoms. The van der Waals surface area contributed by atoms with Crippen molar-refractivity contribution in [2.75, 3.05) is 6.79 Å². The lowest BCUT2D eigenvalue weighted by atomic mass is 9.96. The Morgan fingerprint density at radius 1 is 0.818 bits per heavy atom. The van der Waals surface area contributed by atoms with Gasteiger partial charge in [0.1, 0.15) is 5.58 Å². The zero-order chi connectivity index (χ0) is 14.3. The predicted octanol–water partition coefficient (Wildman–Crippen LogP) is 4.95. The van der Waals surface area contributed by atoms with Crippen LogP contribution in [0, 0.1) is 0 Å². The Kier molecular flexibility index (Phi) is 1.68. The number of ether oxygens (including phenoxy) is 2. The standard InChI is InChI=1S/C19H10O3/c1-3-12-13-4-2-11-8-20-18(19(11)13)7-15(12)14-6-17-16(5-10(1)14)21-9-22-17/h1-8H,9H2. The number of furan rings is 1. The summed E-state index contributed by atoms with van der Waals surface area (Å²) in [6, 6.07) is 10.6. The van der Waals surface area contributed by atoms with E-state index >= 15 is 0 Å². The molecule has 0 unspecified atom stereocenters. The van der Waals surface area contributed by atoms with Gasteiger partial charge in [0.15, 0.2) is 11.5 Å². The van der Waals surface area contributed by atoms with E-state index in [1.54, 1.807) is 0 Å². The van der Waals surface area contributed by atoms with Gasteiger partial charge in [0.25, 0.3) is 0 Å². The van der Waals surface area contributed by atoms with Crippen molar-refractivity contribution >= 4 is 44.7 Å². The van der Waals surface area contributed by atoms with E-state index in [9.17, 15) is 0 Å². The molecule has 104 valence electrons. The first-order chi connectivity index (χ1) is 10.9. The van der Waals surface area contributed by atoms with Gasteiger partial charge in [-0.2, -0.15) is 0 Å². The molecular formula is C19H10O3. The maximum absolute atomic E-state index is 5.72. The summed E-state index contributed by atoms with van der Waals surface area (Å²) >= 11 is 0. The van der Waals surface area contributed by atoms with Gasteiger partial charge in [0.05, 0.1) is 6.26 Å². The van der Waals surface area contributed by atoms with Crippen molar-refractivity contribution in [3.63, 3.8) is 0 Å². The third-order valence-electron chi connectivity index (χ3n) is 4.67. The van der Waals surface area contributed by atoms with Crippen LogP contribution in [0.5, 0.6) is 11.5 Å². The van der Waals surface area contributed by atoms with Crippen molar-refractivity contribution in [1.82, 2.24) is 0 Å². The fourth-order valence-electron chi connectivity index (χ4n) is 3.64. The molecule has 22 heavy (non-hydrogen) atoms. The van der Waals surface area contributed by atoms with Crippen molar-refractivity contribution < 1.29 is 13.9 Å². The molecule has 0 fully saturated rings. The summed E-state index contributed by atoms with van der Waals surface area (Å²) in [5, 5.41) is 5.96. The first kappa shape index (κ1) is 10.7. The molecule has 0 atom stereocenters. The van der Waals surface area contributed by atoms with Crippen LogP contribution in [0.25, 0.3) is 44.7 Å². The van der Waals surface area contributed by atoms with Crippen LogP contribution in [-0.2, 0) is 0 Å². The van der Waals surface area contributed by atoms with Gasteiger partial charge in [0.2, 0.25) is 6.79 Å². The summed E-state index contributed by atoms with van der Waals surface area (Å²) in [4.78, 5) is 0. The molecule has 3 nitrogen and oxygen atoms in total. The number of hydrogen-bond donors (Lipinski definition) is 0. The van der Waals surface area contributed by atoms with Gasteiger partial charge in [-0.3, -0.25) is 0 Å². The van der Waals surface area contributed by atoms with Gasteiger partial charge in [-0.05, 0) is 45.3 Å². The third-order valence-corrected chi connectivity index (χ3v) is 4.67. The van der Waals surface area contributed by atoms with Crippen LogP contribution in [-0.4, -0.2) is 6.79 Å². The van der Waals surface area contributed by atoms with E-state index in [0.29, 0.717) is 6.79 Å². The summed E-state index contributed by atoms with van der Waals surface area (Å²) in [6.45, 7) is 0.295. The minimum atomic E-state index is 0.295. The van der Waals surface area contributed by atoms with Crippen LogP contribution in [0.1, 0.15) is 11.1 Å². The second kappa shape index (κ2) is 3.45. The molecule has 3 heteroatoms. The largest absolute Gasteiger partial charge is 0.464 e. The maximum Gasteiger partial charge on any atom is 0.231 e. The second-order valence-electron chi connectivity index (χ2n) is 5.78. The highest BCUT2D eigenvalue weighted by Crippen LogP contribution is 2.43. The van der Waals surface area contributed by atoms with Crippen molar-refractivity contribution in [2.24, 2.45) is 0 Å². The van der Waals surface area contributed by atoms with Gasteiger partial charge >= 0.3 is 0 Å². The highest BCUT2D eigenvalue weighted by molar-refractivity contribution is 6.19. The molecule has 6 rings (SSSR count). The van der Waals surface area contributed by atoms with E-state index in [4.69, 9.17) is 13.9 Å². The summed E-state index contributed by atoms with van der Waals surface area (Å²) in [6.07, 6.45) is 6.12. The number of fused-ring (bicyclic) bond motifs is 5. The SMILES string of the molecule is C1=Cc2c3ccc4cc5c(cc4c3cc3occ1c23)OCO5. The van der Waals surface area contributed by atoms with Crippen molar-refractivity contribution in [3.05, 3.63) is 47.7 Å². The fourth-order valence-corrected chi connectivity index (χ4v) is 3.64. The van der Waals surface area contributed by atoms with Crippen LogP contribution in [0.3, 0.4) is 0 Å². The molecule has 1 aliphatic heterocycles. The van der Waals surface area contributed by atoms with Crippen molar-refractivity contribution in [2.45, 2.75) is 0 Å². The van der Waals surface area contributed by atoms with E-state index in [2.05, 4.69) is 36.4 Å². The Hall–Kier alpha value is -2.94. The average Bonchev–Trinajstić information content (AvgIpc) is 3.24. The normalized spacial score (nSPS) is 14.7. The topological polar surface area (TPSA) is 31.6 Å². The number of rotatable bonds is 0. The van der Waals surface area contributed by atoms with Crippen LogP contribution >= 0.6 is 0 Å². The molecule has 2 aliphatic rings. The Morgan fingerprint density at radius 3 is 2.68 bits per heavy atom. The number of hydrogen-bond acceptors (Lipinski definition) is 3. The molecule has 0 N–H and O–H groups in total. The Morgan fingerprint density at radius 2 is 1.73 bits per heavy atom. The average molecular weight is 286 g/mol. The molecule has 0 saturated carbocycles. The van der Waals surface area contributed by atoms with Crippen LogP contribution < -0.4 is 9.47 Å². The van der Waals surface area contributed by atoms with E-state index in [1.807, 2.05) is 12.3 Å². The molecule has 0 radical (unpaired) electrons. The molecule has 1 aromatic heterocycles. The summed E-state index contributed by atoms with van der Waals surface area (Å²) < 4.78 is 16.7. The lowest BCUT2D eigenvalue weighted by Gasteiger charge is -2.08. The van der Waals surface area contributed by atoms with E-state index in [-0.39, 0.29) is 0 Å². The summed E-state index contributed by atoms with van der Waals surface area (Å²) in [5.74, 6) is 1.63. The minimum absolute atomic E-state index is 0.295. The predicted molar refractivity (Wildman–Crippen MR) is 86.3 cm³/mol. The summed E-state index contributed by atoms with van der Waals surface area (Å²) in [5.41, 5.74) is 3.35. The van der Waals surface area contributed by atoms with Gasteiger partial charge < -0.3 is 13.9 Å². The zero-order valence-corrected chi connectivity index (χ0v) is 11.6. The molecule has 0 saturated heterocycles. The van der Waals surface area contributed by atoms with Gasteiger partial charge in [0, 0.05) is 10.9 Å². The van der Waals surface area contributed by atoms with Gasteiger partial charge in [-0.15, -0.1) is 0 Å². The second-order valence-corrected chi connectivity index (χ2v) is 5.78. The fraction of sp³-hybridized carbons (Fsp3) is 0.0526. The van der Waals surface area contributed by atoms with Crippen molar-refractivity contribution in [1.29, 1.82) is 0 Å². The molecule has 0 bridgehead atoms. The lowest BCUT2D eigenvalue weighted by Crippen LogP contribution is -1.92. The summed E-state index contributed by atoms with van der Waals surface area (Å²) in [7, 11) is 0. The van der Waals surface area contributed by atoms with Gasteiger partial charge in [-0.25, -0.2) is 0 Å².